The predicted octanol–water partition coefficient (Wildman–Crippen LogP) is 3.93. The molecule has 0 amide bonds. The van der Waals surface area contributed by atoms with Crippen molar-refractivity contribution < 1.29 is 23.7 Å². The molecule has 2 aromatic carbocycles. The van der Waals surface area contributed by atoms with E-state index >= 15 is 0 Å². The number of benzene rings is 2. The number of aromatic nitrogens is 3. The minimum absolute atomic E-state index is 0.198. The number of fused-ring (bicyclic) bond motifs is 1. The molecule has 1 aliphatic rings. The first-order valence-electron chi connectivity index (χ1n) is 7.90. The van der Waals surface area contributed by atoms with Crippen LogP contribution in [0.2, 0.25) is 0 Å². The fourth-order valence-corrected chi connectivity index (χ4v) is 4.46. The summed E-state index contributed by atoms with van der Waals surface area (Å²) >= 11 is 0.826. The standard InChI is InChI=1S/C17H14N3O5PS/c1-9-5-11(6-13-17(9)25-8-24-13)16-15(18-20-19-16)10-3-4-12(23-2)14(7-10)27-26(21)22/h3-7H,8H2,1-2H3,(H-,18,19,20,21,22)/p+1. The molecule has 0 bridgehead atoms. The van der Waals surface area contributed by atoms with Gasteiger partial charge in [0, 0.05) is 11.1 Å². The van der Waals surface area contributed by atoms with Gasteiger partial charge in [0.1, 0.15) is 22.0 Å². The van der Waals surface area contributed by atoms with E-state index in [4.69, 9.17) is 14.2 Å². The van der Waals surface area contributed by atoms with Crippen molar-refractivity contribution in [3.05, 3.63) is 35.9 Å². The Hall–Kier alpha value is -2.61. The Morgan fingerprint density at radius 3 is 2.70 bits per heavy atom. The van der Waals surface area contributed by atoms with Gasteiger partial charge in [-0.2, -0.15) is 20.3 Å². The number of rotatable bonds is 5. The van der Waals surface area contributed by atoms with E-state index in [-0.39, 0.29) is 6.79 Å². The van der Waals surface area contributed by atoms with E-state index in [2.05, 4.69) is 15.4 Å². The summed E-state index contributed by atoms with van der Waals surface area (Å²) in [6.45, 7) is 2.14. The summed E-state index contributed by atoms with van der Waals surface area (Å²) in [5, 5.41) is 11.2. The minimum atomic E-state index is -2.42. The lowest BCUT2D eigenvalue weighted by Crippen LogP contribution is -1.93. The molecular weight excluding hydrogens is 389 g/mol. The van der Waals surface area contributed by atoms with Crippen LogP contribution < -0.4 is 14.2 Å². The van der Waals surface area contributed by atoms with Gasteiger partial charge in [-0.25, -0.2) is 0 Å². The highest BCUT2D eigenvalue weighted by atomic mass is 32.7. The maximum absolute atomic E-state index is 11.3. The molecule has 2 N–H and O–H groups in total. The molecule has 3 aromatic rings. The predicted molar refractivity (Wildman–Crippen MR) is 100 cm³/mol. The van der Waals surface area contributed by atoms with Crippen LogP contribution in [0.3, 0.4) is 0 Å². The molecule has 27 heavy (non-hydrogen) atoms. The van der Waals surface area contributed by atoms with Crippen LogP contribution in [0.1, 0.15) is 5.56 Å². The third kappa shape index (κ3) is 3.37. The lowest BCUT2D eigenvalue weighted by molar-refractivity contribution is 0.173. The third-order valence-corrected chi connectivity index (χ3v) is 5.82. The average molecular weight is 404 g/mol. The van der Waals surface area contributed by atoms with Crippen LogP contribution in [-0.2, 0) is 4.57 Å². The SMILES string of the molecule is COc1ccc(-c2n[nH]nc2-c2cc(C)c3c(c2)OCO3)cc1S[P+](=O)O. The van der Waals surface area contributed by atoms with Crippen molar-refractivity contribution in [2.45, 2.75) is 11.8 Å². The summed E-state index contributed by atoms with van der Waals surface area (Å²) < 4.78 is 27.5. The Bertz CT molecular complexity index is 1040. The minimum Gasteiger partial charge on any atom is -0.495 e. The fourth-order valence-electron chi connectivity index (χ4n) is 2.94. The van der Waals surface area contributed by atoms with Crippen LogP contribution in [0.4, 0.5) is 0 Å². The van der Waals surface area contributed by atoms with E-state index in [0.29, 0.717) is 27.8 Å². The molecule has 10 heteroatoms. The van der Waals surface area contributed by atoms with Crippen LogP contribution in [0, 0.1) is 6.92 Å². The number of aromatic amines is 1. The lowest BCUT2D eigenvalue weighted by Gasteiger charge is -2.07. The van der Waals surface area contributed by atoms with Crippen molar-refractivity contribution >= 4 is 18.6 Å². The van der Waals surface area contributed by atoms with E-state index in [1.807, 2.05) is 25.1 Å². The monoisotopic (exact) mass is 404 g/mol. The molecule has 4 rings (SSSR count). The van der Waals surface area contributed by atoms with Crippen molar-refractivity contribution in [1.29, 1.82) is 0 Å². The topological polar surface area (TPSA) is 107 Å². The number of ether oxygens (including phenoxy) is 3. The van der Waals surface area contributed by atoms with Crippen molar-refractivity contribution in [3.8, 4) is 39.8 Å². The smallest absolute Gasteiger partial charge is 0.495 e. The van der Waals surface area contributed by atoms with Crippen LogP contribution in [0.15, 0.2) is 35.2 Å². The molecule has 138 valence electrons. The van der Waals surface area contributed by atoms with Crippen molar-refractivity contribution in [2.24, 2.45) is 0 Å². The molecule has 0 radical (unpaired) electrons. The van der Waals surface area contributed by atoms with Crippen molar-refractivity contribution in [3.63, 3.8) is 0 Å². The van der Waals surface area contributed by atoms with E-state index in [1.165, 1.54) is 7.11 Å². The highest BCUT2D eigenvalue weighted by molar-refractivity contribution is 8.50. The first-order valence-corrected chi connectivity index (χ1v) is 10.5. The number of nitrogens with one attached hydrogen (secondary N) is 1. The van der Waals surface area contributed by atoms with Gasteiger partial charge in [-0.3, -0.25) is 0 Å². The molecular formula is C17H15N3O5PS+. The molecule has 0 saturated heterocycles. The van der Waals surface area contributed by atoms with Gasteiger partial charge in [0.15, 0.2) is 11.5 Å². The molecule has 8 nitrogen and oxygen atoms in total. The van der Waals surface area contributed by atoms with Gasteiger partial charge in [-0.15, -0.1) is 0 Å². The zero-order valence-electron chi connectivity index (χ0n) is 14.4. The van der Waals surface area contributed by atoms with Crippen LogP contribution in [0.25, 0.3) is 22.5 Å². The highest BCUT2D eigenvalue weighted by Gasteiger charge is 2.23. The number of nitrogens with zero attached hydrogens (tertiary/aromatic N) is 2. The van der Waals surface area contributed by atoms with E-state index < -0.39 is 7.23 Å². The number of aryl methyl sites for hydroxylation is 1. The second kappa shape index (κ2) is 7.19. The van der Waals surface area contributed by atoms with Gasteiger partial charge >= 0.3 is 7.23 Å². The maximum Gasteiger partial charge on any atom is 0.588 e. The Labute approximate surface area is 159 Å². The van der Waals surface area contributed by atoms with Gasteiger partial charge in [-0.1, -0.05) is 0 Å². The number of methoxy groups -OCH3 is 1. The Balaban J connectivity index is 1.79. The molecule has 1 unspecified atom stereocenters. The molecule has 0 aliphatic carbocycles. The molecule has 2 heterocycles. The second-order valence-electron chi connectivity index (χ2n) is 5.74. The third-order valence-electron chi connectivity index (χ3n) is 4.09. The lowest BCUT2D eigenvalue weighted by atomic mass is 10.0. The quantitative estimate of drug-likeness (QED) is 0.616. The molecule has 1 aromatic heterocycles. The zero-order valence-corrected chi connectivity index (χ0v) is 16.1. The summed E-state index contributed by atoms with van der Waals surface area (Å²) in [4.78, 5) is 9.81. The highest BCUT2D eigenvalue weighted by Crippen LogP contribution is 2.46. The van der Waals surface area contributed by atoms with Crippen LogP contribution in [0.5, 0.6) is 17.2 Å². The average Bonchev–Trinajstić information content (AvgIpc) is 3.30. The Morgan fingerprint density at radius 1 is 1.19 bits per heavy atom. The van der Waals surface area contributed by atoms with Crippen LogP contribution in [-0.4, -0.2) is 34.2 Å². The fraction of sp³-hybridized carbons (Fsp3) is 0.176. The number of hydrogen-bond acceptors (Lipinski definition) is 7. The Kier molecular flexibility index (Phi) is 4.73. The summed E-state index contributed by atoms with van der Waals surface area (Å²) in [5.74, 6) is 1.92. The summed E-state index contributed by atoms with van der Waals surface area (Å²) in [6.07, 6.45) is 0. The number of hydrogen-bond donors (Lipinski definition) is 2. The first-order chi connectivity index (χ1) is 13.1. The molecule has 0 fully saturated rings. The van der Waals surface area contributed by atoms with Gasteiger partial charge in [0.05, 0.1) is 7.11 Å². The molecule has 0 spiro atoms. The summed E-state index contributed by atoms with van der Waals surface area (Å²) in [5.41, 5.74) is 3.78. The molecule has 1 aliphatic heterocycles. The first kappa shape index (κ1) is 17.8. The second-order valence-corrected chi connectivity index (χ2v) is 8.33. The zero-order chi connectivity index (χ0) is 19.0. The van der Waals surface area contributed by atoms with Crippen LogP contribution >= 0.6 is 18.6 Å². The van der Waals surface area contributed by atoms with E-state index in [1.54, 1.807) is 12.1 Å². The summed E-state index contributed by atoms with van der Waals surface area (Å²) in [7, 11) is -0.901. The Morgan fingerprint density at radius 2 is 1.96 bits per heavy atom. The van der Waals surface area contributed by atoms with Crippen molar-refractivity contribution in [2.75, 3.05) is 13.9 Å². The van der Waals surface area contributed by atoms with Gasteiger partial charge in [0.2, 0.25) is 18.2 Å². The summed E-state index contributed by atoms with van der Waals surface area (Å²) in [6, 6.07) is 9.14. The van der Waals surface area contributed by atoms with E-state index in [0.717, 1.165) is 33.8 Å². The van der Waals surface area contributed by atoms with Gasteiger partial charge in [-0.05, 0) is 47.4 Å². The van der Waals surface area contributed by atoms with E-state index in [9.17, 15) is 9.46 Å². The normalized spacial score (nSPS) is 12.9. The maximum atomic E-state index is 11.3. The van der Waals surface area contributed by atoms with Crippen molar-refractivity contribution in [1.82, 2.24) is 15.4 Å². The largest absolute Gasteiger partial charge is 0.588 e. The number of H-pyrrole nitrogens is 1. The van der Waals surface area contributed by atoms with Gasteiger partial charge < -0.3 is 14.2 Å². The van der Waals surface area contributed by atoms with Gasteiger partial charge in [0.25, 0.3) is 0 Å². The molecule has 0 saturated carbocycles. The molecule has 1 atom stereocenters.